The van der Waals surface area contributed by atoms with Crippen LogP contribution in [-0.4, -0.2) is 33.3 Å². The van der Waals surface area contributed by atoms with Crippen molar-refractivity contribution < 1.29 is 20.4 Å². The molecule has 30 heavy (non-hydrogen) atoms. The third kappa shape index (κ3) is 2.06. The Balaban J connectivity index is 1.81. The van der Waals surface area contributed by atoms with E-state index in [0.29, 0.717) is 17.5 Å². The van der Waals surface area contributed by atoms with Crippen molar-refractivity contribution in [2.75, 3.05) is 0 Å². The summed E-state index contributed by atoms with van der Waals surface area (Å²) >= 11 is 0. The third-order valence-corrected chi connectivity index (χ3v) is 6.88. The highest BCUT2D eigenvalue weighted by Gasteiger charge is 2.41. The van der Waals surface area contributed by atoms with E-state index in [1.807, 2.05) is 24.3 Å². The highest BCUT2D eigenvalue weighted by molar-refractivity contribution is 6.39. The van der Waals surface area contributed by atoms with Gasteiger partial charge in [-0.25, -0.2) is 4.98 Å². The highest BCUT2D eigenvalue weighted by Crippen LogP contribution is 2.58. The molecule has 1 saturated carbocycles. The van der Waals surface area contributed by atoms with Crippen LogP contribution in [0.3, 0.4) is 0 Å². The number of phenols is 4. The molecule has 2 aliphatic carbocycles. The predicted octanol–water partition coefficient (Wildman–Crippen LogP) is 4.04. The second-order valence-corrected chi connectivity index (χ2v) is 8.36. The van der Waals surface area contributed by atoms with Crippen molar-refractivity contribution in [3.63, 3.8) is 0 Å². The summed E-state index contributed by atoms with van der Waals surface area (Å²) in [5, 5.41) is 44.1. The minimum absolute atomic E-state index is 0.0708. The van der Waals surface area contributed by atoms with Gasteiger partial charge in [0.1, 0.15) is 7.85 Å². The average Bonchev–Trinajstić information content (AvgIpc) is 3.39. The molecule has 146 valence electrons. The lowest BCUT2D eigenvalue weighted by Crippen LogP contribution is -2.13. The van der Waals surface area contributed by atoms with Crippen LogP contribution >= 0.6 is 0 Å². The molecule has 0 spiro atoms. The first-order valence-electron chi connectivity index (χ1n) is 10.1. The minimum Gasteiger partial charge on any atom is -0.505 e. The van der Waals surface area contributed by atoms with Crippen LogP contribution in [0.2, 0.25) is 0 Å². The van der Waals surface area contributed by atoms with Crippen LogP contribution in [0.4, 0.5) is 0 Å². The van der Waals surface area contributed by atoms with Crippen LogP contribution in [0.5, 0.6) is 23.0 Å². The van der Waals surface area contributed by atoms with Crippen LogP contribution in [-0.2, 0) is 0 Å². The maximum Gasteiger partial charge on any atom is 0.204 e. The maximum atomic E-state index is 10.7. The smallest absolute Gasteiger partial charge is 0.204 e. The molecule has 0 amide bonds. The lowest BCUT2D eigenvalue weighted by molar-refractivity contribution is 0.348. The first-order valence-corrected chi connectivity index (χ1v) is 10.1. The van der Waals surface area contributed by atoms with Crippen LogP contribution in [0.25, 0.3) is 32.9 Å². The van der Waals surface area contributed by atoms with Gasteiger partial charge in [0.25, 0.3) is 0 Å². The lowest BCUT2D eigenvalue weighted by Gasteiger charge is -2.23. The van der Waals surface area contributed by atoms with Gasteiger partial charge in [0, 0.05) is 16.3 Å². The summed E-state index contributed by atoms with van der Waals surface area (Å²) in [5.41, 5.74) is 3.41. The van der Waals surface area contributed by atoms with Gasteiger partial charge in [-0.2, -0.15) is 0 Å². The van der Waals surface area contributed by atoms with E-state index in [4.69, 9.17) is 12.8 Å². The second-order valence-electron chi connectivity index (χ2n) is 8.36. The van der Waals surface area contributed by atoms with Gasteiger partial charge in [-0.15, -0.1) is 0 Å². The third-order valence-electron chi connectivity index (χ3n) is 6.88. The van der Waals surface area contributed by atoms with Gasteiger partial charge in [0.2, 0.25) is 11.5 Å². The summed E-state index contributed by atoms with van der Waals surface area (Å²) in [5.74, 6) is -2.15. The van der Waals surface area contributed by atoms with Crippen molar-refractivity contribution in [3.05, 3.63) is 47.5 Å². The minimum atomic E-state index is -0.835. The fraction of sp³-hybridized carbons (Fsp3) is 0.208. The molecule has 6 heteroatoms. The van der Waals surface area contributed by atoms with Gasteiger partial charge < -0.3 is 20.4 Å². The normalized spacial score (nSPS) is 19.6. The summed E-state index contributed by atoms with van der Waals surface area (Å²) in [6, 6.07) is 12.2. The number of phenolic OH excluding ortho intramolecular Hbond substituents is 4. The monoisotopic (exact) mass is 395 g/mol. The predicted molar refractivity (Wildman–Crippen MR) is 116 cm³/mol. The zero-order valence-electron chi connectivity index (χ0n) is 16.1. The van der Waals surface area contributed by atoms with Crippen molar-refractivity contribution in [3.8, 4) is 34.3 Å². The molecule has 0 aliphatic heterocycles. The largest absolute Gasteiger partial charge is 0.505 e. The second kappa shape index (κ2) is 5.82. The number of benzene rings is 3. The zero-order chi connectivity index (χ0) is 20.7. The molecule has 1 heterocycles. The maximum absolute atomic E-state index is 10.7. The van der Waals surface area contributed by atoms with Gasteiger partial charge in [-0.3, -0.25) is 0 Å². The Morgan fingerprint density at radius 3 is 2.27 bits per heavy atom. The molecule has 4 aromatic rings. The molecule has 1 fully saturated rings. The number of nitrogens with zero attached hydrogens (tertiary/aromatic N) is 1. The Hall–Kier alpha value is -3.41. The van der Waals surface area contributed by atoms with E-state index in [2.05, 4.69) is 12.1 Å². The van der Waals surface area contributed by atoms with E-state index in [0.717, 1.165) is 46.5 Å². The fourth-order valence-corrected chi connectivity index (χ4v) is 5.54. The Kier molecular flexibility index (Phi) is 3.38. The molecule has 2 unspecified atom stereocenters. The first kappa shape index (κ1) is 17.5. The van der Waals surface area contributed by atoms with Crippen LogP contribution < -0.4 is 5.46 Å². The Morgan fingerprint density at radius 2 is 1.47 bits per heavy atom. The number of pyridine rings is 1. The molecule has 5 nitrogen and oxygen atoms in total. The standard InChI is InChI=1S/C24H18BNO4/c25-18-17(21(27)23(29)24(30)22(18)28)20-16-12-6-5-11(9-12)15(16)14-8-7-10-3-1-2-4-13(10)19(14)26-20/h1-4,7-8,11-12,27-30H,5-6,9H2. The first-order chi connectivity index (χ1) is 14.5. The van der Waals surface area contributed by atoms with E-state index in [-0.39, 0.29) is 11.0 Å². The molecule has 6 rings (SSSR count). The molecule has 4 N–H and O–H groups in total. The Bertz CT molecular complexity index is 1370. The number of aromatic nitrogens is 1. The summed E-state index contributed by atoms with van der Waals surface area (Å²) in [6.45, 7) is 0. The molecule has 2 bridgehead atoms. The SMILES string of the molecule is [B]c1c(O)c(O)c(O)c(O)c1-c1nc2c(ccc3ccccc32)c2c1C1CCC2C1. The molecule has 2 atom stereocenters. The van der Waals surface area contributed by atoms with E-state index in [1.54, 1.807) is 0 Å². The number of fused-ring (bicyclic) bond motifs is 9. The fourth-order valence-electron chi connectivity index (χ4n) is 5.54. The highest BCUT2D eigenvalue weighted by atomic mass is 16.3. The summed E-state index contributed by atoms with van der Waals surface area (Å²) in [7, 11) is 6.11. The zero-order valence-corrected chi connectivity index (χ0v) is 16.1. The van der Waals surface area contributed by atoms with Crippen molar-refractivity contribution in [1.82, 2.24) is 4.98 Å². The number of rotatable bonds is 1. The average molecular weight is 395 g/mol. The molecule has 2 aliphatic rings. The Morgan fingerprint density at radius 1 is 0.767 bits per heavy atom. The van der Waals surface area contributed by atoms with Gasteiger partial charge >= 0.3 is 0 Å². The molecular weight excluding hydrogens is 377 g/mol. The van der Waals surface area contributed by atoms with Gasteiger partial charge in [-0.05, 0) is 53.1 Å². The van der Waals surface area contributed by atoms with E-state index in [9.17, 15) is 20.4 Å². The topological polar surface area (TPSA) is 93.8 Å². The molecule has 3 aromatic carbocycles. The van der Waals surface area contributed by atoms with Crippen LogP contribution in [0, 0.1) is 0 Å². The Labute approximate surface area is 173 Å². The van der Waals surface area contributed by atoms with Crippen molar-refractivity contribution in [2.45, 2.75) is 31.1 Å². The van der Waals surface area contributed by atoms with E-state index in [1.165, 1.54) is 5.56 Å². The summed E-state index contributed by atoms with van der Waals surface area (Å²) in [4.78, 5) is 4.95. The molecule has 1 aromatic heterocycles. The molecule has 0 saturated heterocycles. The molecule has 2 radical (unpaired) electrons. The summed E-state index contributed by atoms with van der Waals surface area (Å²) in [6.07, 6.45) is 3.16. The van der Waals surface area contributed by atoms with Crippen LogP contribution in [0.15, 0.2) is 36.4 Å². The van der Waals surface area contributed by atoms with E-state index < -0.39 is 23.0 Å². The lowest BCUT2D eigenvalue weighted by atomic mass is 9.81. The van der Waals surface area contributed by atoms with Crippen LogP contribution in [0.1, 0.15) is 42.2 Å². The molecular formula is C24H18BNO4. The number of hydrogen-bond donors (Lipinski definition) is 4. The van der Waals surface area contributed by atoms with Gasteiger partial charge in [-0.1, -0.05) is 36.4 Å². The van der Waals surface area contributed by atoms with Crippen molar-refractivity contribution in [2.24, 2.45) is 0 Å². The quantitative estimate of drug-likeness (QED) is 0.169. The number of hydrogen-bond acceptors (Lipinski definition) is 5. The van der Waals surface area contributed by atoms with E-state index >= 15 is 0 Å². The van der Waals surface area contributed by atoms with Crippen molar-refractivity contribution >= 4 is 35.0 Å². The summed E-state index contributed by atoms with van der Waals surface area (Å²) < 4.78 is 0. The van der Waals surface area contributed by atoms with Gasteiger partial charge in [0.15, 0.2) is 11.5 Å². The number of aromatic hydroxyl groups is 4. The van der Waals surface area contributed by atoms with Crippen molar-refractivity contribution in [1.29, 1.82) is 0 Å². The van der Waals surface area contributed by atoms with Gasteiger partial charge in [0.05, 0.1) is 11.2 Å².